The fourth-order valence-corrected chi connectivity index (χ4v) is 7.15. The van der Waals surface area contributed by atoms with Gasteiger partial charge in [0.05, 0.1) is 0 Å². The zero-order chi connectivity index (χ0) is 13.6. The normalized spacial score (nSPS) is 32.9. The second-order valence-corrected chi connectivity index (χ2v) is 8.66. The molecule has 1 heterocycles. The number of rotatable bonds is 2. The van der Waals surface area contributed by atoms with E-state index in [4.69, 9.17) is 0 Å². The van der Waals surface area contributed by atoms with Crippen LogP contribution in [-0.2, 0) is 9.59 Å². The molecule has 1 aliphatic carbocycles. The summed E-state index contributed by atoms with van der Waals surface area (Å²) in [4.78, 5) is 25.9. The predicted octanol–water partition coefficient (Wildman–Crippen LogP) is 1.35. The number of alkyl halides is 1. The van der Waals surface area contributed by atoms with Gasteiger partial charge in [0.1, 0.15) is 0 Å². The molecule has 1 saturated heterocycles. The van der Waals surface area contributed by atoms with E-state index < -0.39 is 0 Å². The molecule has 19 heavy (non-hydrogen) atoms. The number of hydrogen-bond donors (Lipinski definition) is 0. The standard InChI is InChI=1S/C14H14BrNO2Se/c1-8(17)16-11-7-10(14(16)18)12(15)13(11)19-9-5-3-2-4-6-9/h2-6,10-13H,7H2,1H3/t10-,11+,12-,13-/m1/s1. The van der Waals surface area contributed by atoms with Crippen LogP contribution in [0.15, 0.2) is 30.3 Å². The van der Waals surface area contributed by atoms with Crippen molar-refractivity contribution in [2.24, 2.45) is 5.92 Å². The zero-order valence-corrected chi connectivity index (χ0v) is 13.8. The van der Waals surface area contributed by atoms with Crippen molar-refractivity contribution in [2.75, 3.05) is 0 Å². The Hall–Kier alpha value is -0.641. The number of carbonyl (C=O) groups is 2. The molecule has 4 atom stereocenters. The summed E-state index contributed by atoms with van der Waals surface area (Å²) in [6.45, 7) is 1.49. The molecule has 2 bridgehead atoms. The van der Waals surface area contributed by atoms with Crippen molar-refractivity contribution in [2.45, 2.75) is 29.0 Å². The van der Waals surface area contributed by atoms with Gasteiger partial charge in [-0.1, -0.05) is 0 Å². The molecular weight excluding hydrogens is 373 g/mol. The van der Waals surface area contributed by atoms with E-state index in [1.165, 1.54) is 16.3 Å². The Balaban J connectivity index is 1.83. The molecule has 0 N–H and O–H groups in total. The molecule has 0 aromatic heterocycles. The Morgan fingerprint density at radius 2 is 2.05 bits per heavy atom. The van der Waals surface area contributed by atoms with Gasteiger partial charge >= 0.3 is 127 Å². The van der Waals surface area contributed by atoms with Gasteiger partial charge in [-0.3, -0.25) is 0 Å². The average molecular weight is 387 g/mol. The number of fused-ring (bicyclic) bond motifs is 2. The van der Waals surface area contributed by atoms with Crippen LogP contribution in [0.1, 0.15) is 13.3 Å². The van der Waals surface area contributed by atoms with Gasteiger partial charge in [-0.25, -0.2) is 0 Å². The van der Waals surface area contributed by atoms with Gasteiger partial charge in [-0.2, -0.15) is 0 Å². The molecule has 5 heteroatoms. The molecule has 100 valence electrons. The Morgan fingerprint density at radius 3 is 2.63 bits per heavy atom. The van der Waals surface area contributed by atoms with E-state index in [0.29, 0.717) is 4.82 Å². The first kappa shape index (κ1) is 13.3. The van der Waals surface area contributed by atoms with E-state index in [-0.39, 0.29) is 43.6 Å². The molecule has 1 aromatic carbocycles. The molecular formula is C14H14BrNO2Se. The number of benzene rings is 1. The Morgan fingerprint density at radius 1 is 1.37 bits per heavy atom. The van der Waals surface area contributed by atoms with E-state index in [1.807, 2.05) is 18.2 Å². The van der Waals surface area contributed by atoms with Crippen LogP contribution in [0.4, 0.5) is 0 Å². The van der Waals surface area contributed by atoms with Crippen molar-refractivity contribution in [3.63, 3.8) is 0 Å². The number of halogens is 1. The van der Waals surface area contributed by atoms with Crippen LogP contribution >= 0.6 is 15.9 Å². The van der Waals surface area contributed by atoms with Crippen molar-refractivity contribution in [1.82, 2.24) is 4.90 Å². The number of amides is 2. The SMILES string of the molecule is CC(=O)N1C(=O)[C@@H]2C[C@H]1[C@@H]([Se]c1ccccc1)[C@@H]2Br. The Bertz CT molecular complexity index is 521. The summed E-state index contributed by atoms with van der Waals surface area (Å²) in [5, 5.41) is 0. The molecule has 0 unspecified atom stereocenters. The number of likely N-dealkylation sites (tertiary alicyclic amines) is 1. The van der Waals surface area contributed by atoms with E-state index >= 15 is 0 Å². The second kappa shape index (κ2) is 5.04. The molecule has 0 radical (unpaired) electrons. The van der Waals surface area contributed by atoms with Gasteiger partial charge in [0.25, 0.3) is 0 Å². The summed E-state index contributed by atoms with van der Waals surface area (Å²) < 4.78 is 1.33. The van der Waals surface area contributed by atoms with Gasteiger partial charge in [-0.15, -0.1) is 0 Å². The maximum absolute atomic E-state index is 12.1. The monoisotopic (exact) mass is 387 g/mol. The molecule has 2 aliphatic rings. The summed E-state index contributed by atoms with van der Waals surface area (Å²) in [5.41, 5.74) is 0. The van der Waals surface area contributed by atoms with Crippen molar-refractivity contribution >= 4 is 47.2 Å². The summed E-state index contributed by atoms with van der Waals surface area (Å²) >= 11 is 3.97. The second-order valence-electron chi connectivity index (χ2n) is 4.98. The summed E-state index contributed by atoms with van der Waals surface area (Å²) in [6, 6.07) is 10.5. The molecule has 1 saturated carbocycles. The van der Waals surface area contributed by atoms with Gasteiger partial charge in [0, 0.05) is 0 Å². The van der Waals surface area contributed by atoms with Crippen molar-refractivity contribution in [3.05, 3.63) is 30.3 Å². The van der Waals surface area contributed by atoms with Crippen LogP contribution in [0.2, 0.25) is 4.82 Å². The van der Waals surface area contributed by atoms with Crippen LogP contribution in [0.5, 0.6) is 0 Å². The summed E-state index contributed by atoms with van der Waals surface area (Å²) in [7, 11) is 0. The molecule has 3 nitrogen and oxygen atoms in total. The summed E-state index contributed by atoms with van der Waals surface area (Å²) in [5.74, 6) is -0.102. The molecule has 1 aromatic rings. The van der Waals surface area contributed by atoms with Crippen molar-refractivity contribution in [1.29, 1.82) is 0 Å². The third-order valence-corrected chi connectivity index (χ3v) is 8.80. The first-order valence-electron chi connectivity index (χ1n) is 6.29. The third kappa shape index (κ3) is 2.18. The summed E-state index contributed by atoms with van der Waals surface area (Å²) in [6.07, 6.45) is 0.827. The maximum atomic E-state index is 12.1. The fraction of sp³-hybridized carbons (Fsp3) is 0.429. The first-order valence-corrected chi connectivity index (χ1v) is 9.05. The van der Waals surface area contributed by atoms with Gasteiger partial charge in [-0.05, 0) is 0 Å². The molecule has 2 amide bonds. The van der Waals surface area contributed by atoms with Gasteiger partial charge < -0.3 is 0 Å². The predicted molar refractivity (Wildman–Crippen MR) is 77.7 cm³/mol. The minimum atomic E-state index is -0.106. The van der Waals surface area contributed by atoms with E-state index in [0.717, 1.165) is 6.42 Å². The number of imide groups is 1. The zero-order valence-electron chi connectivity index (χ0n) is 10.5. The van der Waals surface area contributed by atoms with E-state index in [2.05, 4.69) is 28.1 Å². The number of hydrogen-bond acceptors (Lipinski definition) is 2. The average Bonchev–Trinajstić information content (AvgIpc) is 2.87. The molecule has 1 aliphatic heterocycles. The fourth-order valence-electron chi connectivity index (χ4n) is 2.99. The Labute approximate surface area is 127 Å². The molecule has 0 spiro atoms. The number of nitrogens with zero attached hydrogens (tertiary/aromatic N) is 1. The van der Waals surface area contributed by atoms with Crippen molar-refractivity contribution < 1.29 is 9.59 Å². The van der Waals surface area contributed by atoms with Crippen LogP contribution < -0.4 is 4.46 Å². The topological polar surface area (TPSA) is 37.4 Å². The minimum absolute atomic E-state index is 0.00973. The third-order valence-electron chi connectivity index (χ3n) is 3.81. The van der Waals surface area contributed by atoms with E-state index in [1.54, 1.807) is 0 Å². The molecule has 3 rings (SSSR count). The van der Waals surface area contributed by atoms with Gasteiger partial charge in [0.2, 0.25) is 0 Å². The van der Waals surface area contributed by atoms with Gasteiger partial charge in [0.15, 0.2) is 0 Å². The quantitative estimate of drug-likeness (QED) is 0.568. The van der Waals surface area contributed by atoms with E-state index in [9.17, 15) is 9.59 Å². The van der Waals surface area contributed by atoms with Crippen LogP contribution in [0.3, 0.4) is 0 Å². The van der Waals surface area contributed by atoms with Crippen LogP contribution in [-0.4, -0.2) is 42.5 Å². The van der Waals surface area contributed by atoms with Crippen LogP contribution in [0, 0.1) is 5.92 Å². The number of piperidine rings is 1. The molecule has 2 fully saturated rings. The Kier molecular flexibility index (Phi) is 3.54. The van der Waals surface area contributed by atoms with Crippen molar-refractivity contribution in [3.8, 4) is 0 Å². The van der Waals surface area contributed by atoms with Crippen LogP contribution in [0.25, 0.3) is 0 Å². The number of carbonyl (C=O) groups excluding carboxylic acids is 2. The first-order chi connectivity index (χ1) is 9.09.